The molecule has 7 heteroatoms. The second kappa shape index (κ2) is 6.24. The van der Waals surface area contributed by atoms with Gasteiger partial charge < -0.3 is 5.11 Å². The van der Waals surface area contributed by atoms with Crippen molar-refractivity contribution in [2.45, 2.75) is 49.3 Å². The van der Waals surface area contributed by atoms with Crippen LogP contribution in [-0.4, -0.2) is 25.5 Å². The Labute approximate surface area is 123 Å². The molecule has 1 heterocycles. The van der Waals surface area contributed by atoms with Gasteiger partial charge in [-0.3, -0.25) is 4.79 Å². The number of carboxylic acid groups (broad SMARTS) is 1. The summed E-state index contributed by atoms with van der Waals surface area (Å²) in [5.74, 6) is -0.410. The van der Waals surface area contributed by atoms with Crippen molar-refractivity contribution in [2.24, 2.45) is 5.92 Å². The molecular weight excluding hydrogens is 298 g/mol. The second-order valence-corrected chi connectivity index (χ2v) is 8.49. The van der Waals surface area contributed by atoms with E-state index in [1.54, 1.807) is 6.07 Å². The van der Waals surface area contributed by atoms with Crippen molar-refractivity contribution >= 4 is 27.3 Å². The van der Waals surface area contributed by atoms with Gasteiger partial charge in [-0.15, -0.1) is 11.3 Å². The molecule has 0 bridgehead atoms. The molecule has 1 saturated carbocycles. The van der Waals surface area contributed by atoms with Crippen LogP contribution in [0.15, 0.2) is 16.3 Å². The van der Waals surface area contributed by atoms with Crippen LogP contribution in [0, 0.1) is 5.92 Å². The Bertz CT molecular complexity index is 579. The first kappa shape index (κ1) is 15.5. The van der Waals surface area contributed by atoms with Gasteiger partial charge in [-0.1, -0.05) is 19.8 Å². The Morgan fingerprint density at radius 2 is 2.20 bits per heavy atom. The Kier molecular flexibility index (Phi) is 4.82. The van der Waals surface area contributed by atoms with Crippen molar-refractivity contribution in [1.29, 1.82) is 0 Å². The topological polar surface area (TPSA) is 83.5 Å². The predicted octanol–water partition coefficient (Wildman–Crippen LogP) is 2.23. The number of carbonyl (C=O) groups is 1. The molecule has 112 valence electrons. The van der Waals surface area contributed by atoms with Crippen molar-refractivity contribution in [1.82, 2.24) is 4.72 Å². The maximum absolute atomic E-state index is 12.3. The Balaban J connectivity index is 2.06. The van der Waals surface area contributed by atoms with E-state index in [-0.39, 0.29) is 16.7 Å². The molecule has 1 aliphatic rings. The fourth-order valence-corrected chi connectivity index (χ4v) is 5.21. The first-order valence-corrected chi connectivity index (χ1v) is 8.99. The summed E-state index contributed by atoms with van der Waals surface area (Å²) < 4.78 is 27.5. The molecule has 2 N–H and O–H groups in total. The third kappa shape index (κ3) is 4.04. The van der Waals surface area contributed by atoms with Crippen LogP contribution < -0.4 is 4.72 Å². The molecule has 0 spiro atoms. The van der Waals surface area contributed by atoms with Gasteiger partial charge in [-0.05, 0) is 30.9 Å². The standard InChI is InChI=1S/C13H19NO4S2/c1-9-3-2-4-10(7-9)14-20(17,18)13-6-5-11(19-13)8-12(15)16/h5-6,9-10,14H,2-4,7-8H2,1H3,(H,15,16). The molecule has 0 radical (unpaired) electrons. The highest BCUT2D eigenvalue weighted by molar-refractivity contribution is 7.91. The second-order valence-electron chi connectivity index (χ2n) is 5.38. The highest BCUT2D eigenvalue weighted by atomic mass is 32.2. The molecular formula is C13H19NO4S2. The van der Waals surface area contributed by atoms with Crippen LogP contribution >= 0.6 is 11.3 Å². The molecule has 1 aromatic rings. The summed E-state index contributed by atoms with van der Waals surface area (Å²) in [7, 11) is -3.52. The number of aliphatic carboxylic acids is 1. The van der Waals surface area contributed by atoms with E-state index < -0.39 is 16.0 Å². The molecule has 1 aliphatic carbocycles. The zero-order chi connectivity index (χ0) is 14.8. The number of hydrogen-bond acceptors (Lipinski definition) is 4. The summed E-state index contributed by atoms with van der Waals surface area (Å²) in [4.78, 5) is 11.2. The summed E-state index contributed by atoms with van der Waals surface area (Å²) >= 11 is 1.03. The van der Waals surface area contributed by atoms with Gasteiger partial charge in [0.25, 0.3) is 0 Å². The van der Waals surface area contributed by atoms with Crippen LogP contribution in [0.25, 0.3) is 0 Å². The molecule has 0 aromatic carbocycles. The van der Waals surface area contributed by atoms with Crippen molar-refractivity contribution in [3.05, 3.63) is 17.0 Å². The molecule has 2 unspecified atom stereocenters. The minimum absolute atomic E-state index is 0.00577. The molecule has 2 atom stereocenters. The number of carboxylic acids is 1. The fraction of sp³-hybridized carbons (Fsp3) is 0.615. The van der Waals surface area contributed by atoms with Gasteiger partial charge in [-0.2, -0.15) is 0 Å². The van der Waals surface area contributed by atoms with Crippen molar-refractivity contribution < 1.29 is 18.3 Å². The minimum Gasteiger partial charge on any atom is -0.481 e. The van der Waals surface area contributed by atoms with E-state index in [0.717, 1.165) is 37.0 Å². The van der Waals surface area contributed by atoms with Gasteiger partial charge in [0.15, 0.2) is 0 Å². The van der Waals surface area contributed by atoms with Gasteiger partial charge in [0, 0.05) is 10.9 Å². The third-order valence-electron chi connectivity index (χ3n) is 3.49. The maximum atomic E-state index is 12.3. The highest BCUT2D eigenvalue weighted by Crippen LogP contribution is 2.27. The molecule has 20 heavy (non-hydrogen) atoms. The average Bonchev–Trinajstić information content (AvgIpc) is 2.76. The maximum Gasteiger partial charge on any atom is 0.308 e. The van der Waals surface area contributed by atoms with Crippen molar-refractivity contribution in [2.75, 3.05) is 0 Å². The van der Waals surface area contributed by atoms with Crippen molar-refractivity contribution in [3.8, 4) is 0 Å². The monoisotopic (exact) mass is 317 g/mol. The van der Waals surface area contributed by atoms with E-state index in [2.05, 4.69) is 11.6 Å². The summed E-state index contributed by atoms with van der Waals surface area (Å²) in [6, 6.07) is 3.04. The van der Waals surface area contributed by atoms with Crippen LogP contribution in [0.3, 0.4) is 0 Å². The lowest BCUT2D eigenvalue weighted by Gasteiger charge is -2.26. The minimum atomic E-state index is -3.52. The number of hydrogen-bond donors (Lipinski definition) is 2. The lowest BCUT2D eigenvalue weighted by atomic mass is 9.88. The van der Waals surface area contributed by atoms with E-state index in [4.69, 9.17) is 5.11 Å². The molecule has 1 aromatic heterocycles. The largest absolute Gasteiger partial charge is 0.481 e. The third-order valence-corrected chi connectivity index (χ3v) is 6.58. The fourth-order valence-electron chi connectivity index (χ4n) is 2.57. The quantitative estimate of drug-likeness (QED) is 0.872. The first-order chi connectivity index (χ1) is 9.37. The van der Waals surface area contributed by atoms with Gasteiger partial charge in [-0.25, -0.2) is 13.1 Å². The van der Waals surface area contributed by atoms with Crippen LogP contribution in [0.1, 0.15) is 37.5 Å². The average molecular weight is 317 g/mol. The summed E-state index contributed by atoms with van der Waals surface area (Å²) in [6.45, 7) is 2.14. The van der Waals surface area contributed by atoms with Crippen LogP contribution in [0.5, 0.6) is 0 Å². The number of nitrogens with one attached hydrogen (secondary N) is 1. The van der Waals surface area contributed by atoms with E-state index in [0.29, 0.717) is 10.8 Å². The lowest BCUT2D eigenvalue weighted by Crippen LogP contribution is -2.37. The zero-order valence-electron chi connectivity index (χ0n) is 11.3. The number of rotatable bonds is 5. The van der Waals surface area contributed by atoms with Crippen LogP contribution in [-0.2, 0) is 21.2 Å². The number of thiophene rings is 1. The van der Waals surface area contributed by atoms with Gasteiger partial charge >= 0.3 is 5.97 Å². The van der Waals surface area contributed by atoms with E-state index >= 15 is 0 Å². The Morgan fingerprint density at radius 3 is 2.85 bits per heavy atom. The predicted molar refractivity (Wildman–Crippen MR) is 77.4 cm³/mol. The molecule has 5 nitrogen and oxygen atoms in total. The lowest BCUT2D eigenvalue weighted by molar-refractivity contribution is -0.136. The number of sulfonamides is 1. The summed E-state index contributed by atoms with van der Waals surface area (Å²) in [5.41, 5.74) is 0. The van der Waals surface area contributed by atoms with E-state index in [9.17, 15) is 13.2 Å². The Morgan fingerprint density at radius 1 is 1.45 bits per heavy atom. The Hall–Kier alpha value is -0.920. The van der Waals surface area contributed by atoms with Gasteiger partial charge in [0.05, 0.1) is 6.42 Å². The highest BCUT2D eigenvalue weighted by Gasteiger charge is 2.25. The molecule has 0 amide bonds. The van der Waals surface area contributed by atoms with E-state index in [1.807, 2.05) is 0 Å². The van der Waals surface area contributed by atoms with Gasteiger partial charge in [0.2, 0.25) is 10.0 Å². The smallest absolute Gasteiger partial charge is 0.308 e. The van der Waals surface area contributed by atoms with Gasteiger partial charge in [0.1, 0.15) is 4.21 Å². The molecule has 2 rings (SSSR count). The van der Waals surface area contributed by atoms with Crippen LogP contribution in [0.2, 0.25) is 0 Å². The normalized spacial score (nSPS) is 23.6. The summed E-state index contributed by atoms with van der Waals surface area (Å²) in [5, 5.41) is 8.71. The van der Waals surface area contributed by atoms with Crippen molar-refractivity contribution in [3.63, 3.8) is 0 Å². The summed E-state index contributed by atoms with van der Waals surface area (Å²) in [6.07, 6.45) is 3.80. The first-order valence-electron chi connectivity index (χ1n) is 6.69. The van der Waals surface area contributed by atoms with E-state index in [1.165, 1.54) is 6.07 Å². The van der Waals surface area contributed by atoms with Crippen LogP contribution in [0.4, 0.5) is 0 Å². The SMILES string of the molecule is CC1CCCC(NS(=O)(=O)c2ccc(CC(=O)O)s2)C1. The molecule has 0 aliphatic heterocycles. The zero-order valence-corrected chi connectivity index (χ0v) is 13.0. The molecule has 0 saturated heterocycles. The molecule has 1 fully saturated rings.